The van der Waals surface area contributed by atoms with Gasteiger partial charge in [-0.1, -0.05) is 6.07 Å². The van der Waals surface area contributed by atoms with Gasteiger partial charge < -0.3 is 15.0 Å². The zero-order valence-electron chi connectivity index (χ0n) is 7.41. The first-order valence-electron chi connectivity index (χ1n) is 4.00. The Morgan fingerprint density at radius 1 is 1.21 bits per heavy atom. The Morgan fingerprint density at radius 2 is 2.07 bits per heavy atom. The third-order valence-electron chi connectivity index (χ3n) is 1.36. The van der Waals surface area contributed by atoms with Crippen molar-refractivity contribution in [3.63, 3.8) is 0 Å². The van der Waals surface area contributed by atoms with Crippen molar-refractivity contribution in [3.05, 3.63) is 43.1 Å². The lowest BCUT2D eigenvalue weighted by molar-refractivity contribution is 0.424. The van der Waals surface area contributed by atoms with Gasteiger partial charge in [0.1, 0.15) is 0 Å². The van der Waals surface area contributed by atoms with Gasteiger partial charge in [-0.3, -0.25) is 4.98 Å². The predicted molar refractivity (Wildman–Crippen MR) is 52.7 cm³/mol. The zero-order chi connectivity index (χ0) is 10.2. The highest BCUT2D eigenvalue weighted by atomic mass is 16.4. The molecule has 0 amide bonds. The Bertz CT molecular complexity index is 308. The van der Waals surface area contributed by atoms with Crippen molar-refractivity contribution in [1.82, 2.24) is 15.0 Å². The van der Waals surface area contributed by atoms with Crippen LogP contribution in [0.2, 0.25) is 0 Å². The van der Waals surface area contributed by atoms with Gasteiger partial charge >= 0.3 is 7.12 Å². The van der Waals surface area contributed by atoms with Crippen LogP contribution in [0, 0.1) is 0 Å². The topological polar surface area (TPSA) is 82.0 Å². The second-order valence-electron chi connectivity index (χ2n) is 2.39. The molecule has 0 spiro atoms. The molecule has 0 aliphatic rings. The Kier molecular flexibility index (Phi) is 4.39. The van der Waals surface area contributed by atoms with Gasteiger partial charge in [0, 0.05) is 18.6 Å². The molecule has 3 N–H and O–H groups in total. The van der Waals surface area contributed by atoms with Crippen LogP contribution in [0.25, 0.3) is 0 Å². The molecule has 6 heteroatoms. The van der Waals surface area contributed by atoms with E-state index in [0.29, 0.717) is 0 Å². The molecular formula is C8H10BN3O2. The van der Waals surface area contributed by atoms with Crippen molar-refractivity contribution in [1.29, 1.82) is 0 Å². The van der Waals surface area contributed by atoms with E-state index in [2.05, 4.69) is 15.0 Å². The fraction of sp³-hybridized carbons (Fsp3) is 0. The van der Waals surface area contributed by atoms with E-state index in [-0.39, 0.29) is 5.59 Å². The van der Waals surface area contributed by atoms with E-state index in [1.54, 1.807) is 36.9 Å². The Morgan fingerprint density at radius 3 is 2.36 bits per heavy atom. The maximum absolute atomic E-state index is 8.52. The highest BCUT2D eigenvalue weighted by molar-refractivity contribution is 6.57. The molecule has 2 aromatic rings. The Hall–Kier alpha value is -1.66. The molecule has 0 fully saturated rings. The van der Waals surface area contributed by atoms with E-state index in [1.807, 2.05) is 0 Å². The summed E-state index contributed by atoms with van der Waals surface area (Å²) in [4.78, 5) is 10.1. The third-order valence-corrected chi connectivity index (χ3v) is 1.36. The molecule has 14 heavy (non-hydrogen) atoms. The summed E-state index contributed by atoms with van der Waals surface area (Å²) < 4.78 is 0. The zero-order valence-corrected chi connectivity index (χ0v) is 7.41. The number of aromatic nitrogens is 3. The van der Waals surface area contributed by atoms with E-state index in [1.165, 1.54) is 6.20 Å². The van der Waals surface area contributed by atoms with Gasteiger partial charge in [-0.15, -0.1) is 0 Å². The lowest BCUT2D eigenvalue weighted by atomic mass is 9.86. The van der Waals surface area contributed by atoms with Gasteiger partial charge in [-0.25, -0.2) is 4.98 Å². The monoisotopic (exact) mass is 191 g/mol. The van der Waals surface area contributed by atoms with Crippen molar-refractivity contribution in [3.8, 4) is 0 Å². The molecule has 0 saturated heterocycles. The minimum atomic E-state index is -1.45. The Labute approximate surface area is 81.6 Å². The summed E-state index contributed by atoms with van der Waals surface area (Å²) in [5, 5.41) is 17.0. The van der Waals surface area contributed by atoms with Crippen LogP contribution < -0.4 is 5.59 Å². The summed E-state index contributed by atoms with van der Waals surface area (Å²) in [6.07, 6.45) is 6.59. The highest BCUT2D eigenvalue weighted by Crippen LogP contribution is 1.76. The normalized spacial score (nSPS) is 8.71. The van der Waals surface area contributed by atoms with Crippen LogP contribution in [-0.4, -0.2) is 32.1 Å². The van der Waals surface area contributed by atoms with Crippen LogP contribution in [0.3, 0.4) is 0 Å². The molecule has 0 aliphatic carbocycles. The fourth-order valence-electron chi connectivity index (χ4n) is 0.744. The molecule has 0 aliphatic heterocycles. The highest BCUT2D eigenvalue weighted by Gasteiger charge is 2.09. The predicted octanol–water partition coefficient (Wildman–Crippen LogP) is -0.829. The van der Waals surface area contributed by atoms with E-state index >= 15 is 0 Å². The maximum atomic E-state index is 8.52. The van der Waals surface area contributed by atoms with E-state index in [4.69, 9.17) is 10.0 Å². The van der Waals surface area contributed by atoms with Crippen LogP contribution in [-0.2, 0) is 0 Å². The molecule has 0 saturated carbocycles. The number of nitrogens with zero attached hydrogens (tertiary/aromatic N) is 2. The average Bonchev–Trinajstić information content (AvgIpc) is 2.77. The van der Waals surface area contributed by atoms with Crippen LogP contribution in [0.15, 0.2) is 43.1 Å². The number of hydrogen-bond donors (Lipinski definition) is 3. The summed E-state index contributed by atoms with van der Waals surface area (Å²) >= 11 is 0. The maximum Gasteiger partial charge on any atom is 0.508 e. The number of pyridine rings is 1. The summed E-state index contributed by atoms with van der Waals surface area (Å²) in [6.45, 7) is 0. The van der Waals surface area contributed by atoms with Gasteiger partial charge in [0.15, 0.2) is 0 Å². The summed E-state index contributed by atoms with van der Waals surface area (Å²) in [6, 6.07) is 4.96. The molecular weight excluding hydrogens is 181 g/mol. The van der Waals surface area contributed by atoms with Crippen molar-refractivity contribution in [2.75, 3.05) is 0 Å². The van der Waals surface area contributed by atoms with Crippen LogP contribution in [0.1, 0.15) is 0 Å². The first-order valence-corrected chi connectivity index (χ1v) is 4.00. The number of rotatable bonds is 1. The van der Waals surface area contributed by atoms with Gasteiger partial charge in [0.25, 0.3) is 0 Å². The van der Waals surface area contributed by atoms with Gasteiger partial charge in [0.2, 0.25) is 0 Å². The number of hydrogen-bond acceptors (Lipinski definition) is 4. The van der Waals surface area contributed by atoms with Gasteiger partial charge in [-0.05, 0) is 12.1 Å². The number of nitrogens with one attached hydrogen (secondary N) is 1. The van der Waals surface area contributed by atoms with Crippen LogP contribution in [0.5, 0.6) is 0 Å². The van der Waals surface area contributed by atoms with Gasteiger partial charge in [0.05, 0.1) is 11.9 Å². The van der Waals surface area contributed by atoms with E-state index in [0.717, 1.165) is 0 Å². The molecule has 2 rings (SSSR count). The average molecular weight is 191 g/mol. The number of imidazole rings is 1. The summed E-state index contributed by atoms with van der Waals surface area (Å²) in [5.74, 6) is 0. The molecule has 0 unspecified atom stereocenters. The SMILES string of the molecule is OB(O)c1ccccn1.c1c[nH]cn1. The Balaban J connectivity index is 0.000000165. The number of aromatic amines is 1. The standard InChI is InChI=1S/C5H6BNO2.C3H4N2/c8-6(9)5-3-1-2-4-7-5;1-2-5-3-4-1/h1-4,8-9H;1-3H,(H,4,5). The largest absolute Gasteiger partial charge is 0.508 e. The molecule has 0 atom stereocenters. The summed E-state index contributed by atoms with van der Waals surface area (Å²) in [5.41, 5.74) is 0.275. The lowest BCUT2D eigenvalue weighted by Crippen LogP contribution is -2.31. The van der Waals surface area contributed by atoms with Crippen LogP contribution in [0.4, 0.5) is 0 Å². The quantitative estimate of drug-likeness (QED) is 0.514. The van der Waals surface area contributed by atoms with Crippen molar-refractivity contribution in [2.24, 2.45) is 0 Å². The fourth-order valence-corrected chi connectivity index (χ4v) is 0.744. The van der Waals surface area contributed by atoms with Crippen molar-refractivity contribution >= 4 is 12.7 Å². The second-order valence-corrected chi connectivity index (χ2v) is 2.39. The van der Waals surface area contributed by atoms with Crippen molar-refractivity contribution in [2.45, 2.75) is 0 Å². The third kappa shape index (κ3) is 3.84. The van der Waals surface area contributed by atoms with Crippen LogP contribution >= 0.6 is 0 Å². The number of H-pyrrole nitrogens is 1. The minimum Gasteiger partial charge on any atom is -0.422 e. The molecule has 0 bridgehead atoms. The molecule has 5 nitrogen and oxygen atoms in total. The first-order chi connectivity index (χ1) is 6.80. The molecule has 72 valence electrons. The molecule has 0 aromatic carbocycles. The lowest BCUT2D eigenvalue weighted by Gasteiger charge is -1.93. The smallest absolute Gasteiger partial charge is 0.422 e. The summed E-state index contributed by atoms with van der Waals surface area (Å²) in [7, 11) is -1.45. The molecule has 2 heterocycles. The van der Waals surface area contributed by atoms with E-state index in [9.17, 15) is 0 Å². The molecule has 2 aromatic heterocycles. The molecule has 0 radical (unpaired) electrons. The first kappa shape index (κ1) is 10.4. The minimum absolute atomic E-state index is 0.275. The van der Waals surface area contributed by atoms with Gasteiger partial charge in [-0.2, -0.15) is 0 Å². The van der Waals surface area contributed by atoms with Crippen molar-refractivity contribution < 1.29 is 10.0 Å². The van der Waals surface area contributed by atoms with E-state index < -0.39 is 7.12 Å². The second kappa shape index (κ2) is 5.90.